The van der Waals surface area contributed by atoms with Crippen molar-refractivity contribution < 1.29 is 14.4 Å². The molecule has 112 valence electrons. The highest BCUT2D eigenvalue weighted by Crippen LogP contribution is 2.26. The van der Waals surface area contributed by atoms with Crippen molar-refractivity contribution in [2.45, 2.75) is 26.8 Å². The Hall–Kier alpha value is -2.37. The SMILES string of the molecule is CC(C)CNC(=O)C(C)N1C(=O)c2ccc(N)cc2C1=O. The van der Waals surface area contributed by atoms with E-state index in [1.54, 1.807) is 13.0 Å². The van der Waals surface area contributed by atoms with Crippen LogP contribution in [0.4, 0.5) is 5.69 Å². The van der Waals surface area contributed by atoms with Crippen LogP contribution in [-0.2, 0) is 4.79 Å². The van der Waals surface area contributed by atoms with E-state index in [4.69, 9.17) is 5.73 Å². The first-order valence-electron chi connectivity index (χ1n) is 6.88. The summed E-state index contributed by atoms with van der Waals surface area (Å²) in [6, 6.07) is 3.70. The van der Waals surface area contributed by atoms with Gasteiger partial charge in [-0.2, -0.15) is 0 Å². The zero-order valence-electron chi connectivity index (χ0n) is 12.3. The van der Waals surface area contributed by atoms with Crippen molar-refractivity contribution >= 4 is 23.4 Å². The van der Waals surface area contributed by atoms with Crippen LogP contribution < -0.4 is 11.1 Å². The number of rotatable bonds is 4. The van der Waals surface area contributed by atoms with Crippen molar-refractivity contribution in [1.82, 2.24) is 10.2 Å². The zero-order chi connectivity index (χ0) is 15.7. The van der Waals surface area contributed by atoms with Crippen molar-refractivity contribution in [2.75, 3.05) is 12.3 Å². The molecule has 3 amide bonds. The number of carbonyl (C=O) groups excluding carboxylic acids is 3. The normalized spacial score (nSPS) is 15.3. The molecular weight excluding hydrogens is 270 g/mol. The summed E-state index contributed by atoms with van der Waals surface area (Å²) in [5.41, 5.74) is 6.59. The number of nitrogens with zero attached hydrogens (tertiary/aromatic N) is 1. The number of carbonyl (C=O) groups is 3. The Labute approximate surface area is 123 Å². The molecule has 0 aromatic heterocycles. The summed E-state index contributed by atoms with van der Waals surface area (Å²) in [6.07, 6.45) is 0. The molecule has 3 N–H and O–H groups in total. The van der Waals surface area contributed by atoms with Gasteiger partial charge in [0.2, 0.25) is 5.91 Å². The Kier molecular flexibility index (Phi) is 3.97. The maximum Gasteiger partial charge on any atom is 0.262 e. The van der Waals surface area contributed by atoms with Gasteiger partial charge in [0.15, 0.2) is 0 Å². The number of hydrogen-bond acceptors (Lipinski definition) is 4. The second-order valence-corrected chi connectivity index (χ2v) is 5.60. The molecule has 6 nitrogen and oxygen atoms in total. The third-order valence-electron chi connectivity index (χ3n) is 3.39. The molecule has 6 heteroatoms. The van der Waals surface area contributed by atoms with Crippen LogP contribution in [0.15, 0.2) is 18.2 Å². The molecule has 2 rings (SSSR count). The minimum Gasteiger partial charge on any atom is -0.399 e. The number of imide groups is 1. The van der Waals surface area contributed by atoms with Crippen molar-refractivity contribution in [1.29, 1.82) is 0 Å². The van der Waals surface area contributed by atoms with E-state index in [0.717, 1.165) is 4.90 Å². The summed E-state index contributed by atoms with van der Waals surface area (Å²) in [5, 5.41) is 2.73. The van der Waals surface area contributed by atoms with Crippen LogP contribution in [0.1, 0.15) is 41.5 Å². The monoisotopic (exact) mass is 289 g/mol. The maximum atomic E-state index is 12.3. The standard InChI is InChI=1S/C15H19N3O3/c1-8(2)7-17-13(19)9(3)18-14(20)11-5-4-10(16)6-12(11)15(18)21/h4-6,8-9H,7,16H2,1-3H3,(H,17,19). The number of benzene rings is 1. The van der Waals surface area contributed by atoms with Gasteiger partial charge in [0, 0.05) is 12.2 Å². The number of nitrogen functional groups attached to an aromatic ring is 1. The molecule has 0 fully saturated rings. The molecule has 1 aliphatic heterocycles. The number of amides is 3. The smallest absolute Gasteiger partial charge is 0.262 e. The van der Waals surface area contributed by atoms with E-state index in [-0.39, 0.29) is 17.0 Å². The Morgan fingerprint density at radius 1 is 1.19 bits per heavy atom. The van der Waals surface area contributed by atoms with E-state index in [2.05, 4.69) is 5.32 Å². The first-order chi connectivity index (χ1) is 9.82. The number of fused-ring (bicyclic) bond motifs is 1. The third-order valence-corrected chi connectivity index (χ3v) is 3.39. The van der Waals surface area contributed by atoms with Gasteiger partial charge >= 0.3 is 0 Å². The molecule has 1 aliphatic rings. The van der Waals surface area contributed by atoms with Crippen LogP contribution in [0, 0.1) is 5.92 Å². The first-order valence-corrected chi connectivity index (χ1v) is 6.88. The van der Waals surface area contributed by atoms with Crippen molar-refractivity contribution in [3.05, 3.63) is 29.3 Å². The zero-order valence-corrected chi connectivity index (χ0v) is 12.3. The van der Waals surface area contributed by atoms with Crippen molar-refractivity contribution in [3.8, 4) is 0 Å². The van der Waals surface area contributed by atoms with E-state index in [0.29, 0.717) is 18.2 Å². The molecule has 1 heterocycles. The van der Waals surface area contributed by atoms with Gasteiger partial charge in [-0.15, -0.1) is 0 Å². The van der Waals surface area contributed by atoms with E-state index >= 15 is 0 Å². The Bertz CT molecular complexity index is 610. The molecular formula is C15H19N3O3. The fraction of sp³-hybridized carbons (Fsp3) is 0.400. The lowest BCUT2D eigenvalue weighted by molar-refractivity contribution is -0.124. The van der Waals surface area contributed by atoms with Crippen LogP contribution in [0.5, 0.6) is 0 Å². The molecule has 1 atom stereocenters. The maximum absolute atomic E-state index is 12.3. The molecule has 0 bridgehead atoms. The Balaban J connectivity index is 2.21. The van der Waals surface area contributed by atoms with Gasteiger partial charge in [0.1, 0.15) is 6.04 Å². The van der Waals surface area contributed by atoms with E-state index in [1.807, 2.05) is 13.8 Å². The molecule has 0 radical (unpaired) electrons. The van der Waals surface area contributed by atoms with Gasteiger partial charge < -0.3 is 11.1 Å². The second kappa shape index (κ2) is 5.55. The third kappa shape index (κ3) is 2.74. The summed E-state index contributed by atoms with van der Waals surface area (Å²) in [6.45, 7) is 5.98. The topological polar surface area (TPSA) is 92.5 Å². The number of nitrogens with two attached hydrogens (primary N) is 1. The number of nitrogens with one attached hydrogen (secondary N) is 1. The largest absolute Gasteiger partial charge is 0.399 e. The fourth-order valence-electron chi connectivity index (χ4n) is 2.20. The van der Waals surface area contributed by atoms with E-state index in [1.165, 1.54) is 12.1 Å². The minimum atomic E-state index is -0.850. The lowest BCUT2D eigenvalue weighted by Crippen LogP contribution is -2.48. The quantitative estimate of drug-likeness (QED) is 0.639. The van der Waals surface area contributed by atoms with Gasteiger partial charge in [-0.1, -0.05) is 13.8 Å². The highest BCUT2D eigenvalue weighted by atomic mass is 16.2. The molecule has 21 heavy (non-hydrogen) atoms. The van der Waals surface area contributed by atoms with Gasteiger partial charge in [-0.25, -0.2) is 0 Å². The number of anilines is 1. The van der Waals surface area contributed by atoms with Crippen LogP contribution in [0.3, 0.4) is 0 Å². The molecule has 0 saturated heterocycles. The molecule has 1 aromatic carbocycles. The second-order valence-electron chi connectivity index (χ2n) is 5.60. The van der Waals surface area contributed by atoms with Gasteiger partial charge in [0.05, 0.1) is 11.1 Å². The van der Waals surface area contributed by atoms with E-state index in [9.17, 15) is 14.4 Å². The lowest BCUT2D eigenvalue weighted by atomic mass is 10.1. The summed E-state index contributed by atoms with van der Waals surface area (Å²) in [4.78, 5) is 37.6. The highest BCUT2D eigenvalue weighted by Gasteiger charge is 2.40. The highest BCUT2D eigenvalue weighted by molar-refractivity contribution is 6.23. The molecule has 0 spiro atoms. The average molecular weight is 289 g/mol. The van der Waals surface area contributed by atoms with Crippen LogP contribution in [0.2, 0.25) is 0 Å². The first kappa shape index (κ1) is 15.0. The van der Waals surface area contributed by atoms with Gasteiger partial charge in [0.25, 0.3) is 11.8 Å². The fourth-order valence-corrected chi connectivity index (χ4v) is 2.20. The Morgan fingerprint density at radius 2 is 1.81 bits per heavy atom. The van der Waals surface area contributed by atoms with E-state index < -0.39 is 17.9 Å². The summed E-state index contributed by atoms with van der Waals surface area (Å²) in [5.74, 6) is -0.981. The van der Waals surface area contributed by atoms with Crippen LogP contribution in [0.25, 0.3) is 0 Å². The lowest BCUT2D eigenvalue weighted by Gasteiger charge is -2.22. The molecule has 0 saturated carbocycles. The molecule has 1 aromatic rings. The predicted molar refractivity (Wildman–Crippen MR) is 78.7 cm³/mol. The van der Waals surface area contributed by atoms with Gasteiger partial charge in [-0.05, 0) is 31.0 Å². The minimum absolute atomic E-state index is 0.253. The van der Waals surface area contributed by atoms with Gasteiger partial charge in [-0.3, -0.25) is 19.3 Å². The molecule has 1 unspecified atom stereocenters. The summed E-state index contributed by atoms with van der Waals surface area (Å²) in [7, 11) is 0. The number of hydrogen-bond donors (Lipinski definition) is 2. The average Bonchev–Trinajstić information content (AvgIpc) is 2.67. The Morgan fingerprint density at radius 3 is 2.43 bits per heavy atom. The van der Waals surface area contributed by atoms with Crippen LogP contribution in [-0.4, -0.2) is 35.2 Å². The van der Waals surface area contributed by atoms with Crippen molar-refractivity contribution in [2.24, 2.45) is 5.92 Å². The summed E-state index contributed by atoms with van der Waals surface area (Å²) < 4.78 is 0. The summed E-state index contributed by atoms with van der Waals surface area (Å²) >= 11 is 0. The molecule has 0 aliphatic carbocycles. The predicted octanol–water partition coefficient (Wildman–Crippen LogP) is 1.03. The van der Waals surface area contributed by atoms with Crippen LogP contribution >= 0.6 is 0 Å². The van der Waals surface area contributed by atoms with Crippen molar-refractivity contribution in [3.63, 3.8) is 0 Å².